The number of hydrogen-bond donors (Lipinski definition) is 1. The molecule has 28 heavy (non-hydrogen) atoms. The van der Waals surface area contributed by atoms with E-state index in [-0.39, 0.29) is 27.0 Å². The molecule has 0 aliphatic rings. The number of alkyl halides is 3. The van der Waals surface area contributed by atoms with Crippen LogP contribution in [0.5, 0.6) is 5.75 Å². The predicted octanol–water partition coefficient (Wildman–Crippen LogP) is 5.58. The molecule has 0 amide bonds. The molecule has 5 nitrogen and oxygen atoms in total. The van der Waals surface area contributed by atoms with E-state index < -0.39 is 29.6 Å². The second kappa shape index (κ2) is 7.33. The van der Waals surface area contributed by atoms with E-state index in [1.54, 1.807) is 0 Å². The average molecular weight is 435 g/mol. The average Bonchev–Trinajstić information content (AvgIpc) is 3.01. The third-order valence-electron chi connectivity index (χ3n) is 3.48. The third kappa shape index (κ3) is 4.37. The summed E-state index contributed by atoms with van der Waals surface area (Å²) < 4.78 is 56.0. The number of halogens is 6. The van der Waals surface area contributed by atoms with Crippen molar-refractivity contribution in [1.82, 2.24) is 9.78 Å². The van der Waals surface area contributed by atoms with Crippen molar-refractivity contribution in [3.05, 3.63) is 64.0 Å². The first kappa shape index (κ1) is 20.0. The van der Waals surface area contributed by atoms with E-state index in [0.717, 1.165) is 28.9 Å². The molecular weight excluding hydrogens is 427 g/mol. The van der Waals surface area contributed by atoms with Gasteiger partial charge in [-0.05, 0) is 42.5 Å². The van der Waals surface area contributed by atoms with Crippen LogP contribution in [0.2, 0.25) is 10.0 Å². The SMILES string of the molecule is O=C(O)c1cc(-c2cc(Cl)cc(OC(F)(F)F)c2)n(-c2ccc(F)c(Cl)c2)n1. The molecular formula is C17H8Cl2F4N2O3. The first-order valence-electron chi connectivity index (χ1n) is 7.39. The number of benzene rings is 2. The molecule has 1 N–H and O–H groups in total. The molecule has 0 unspecified atom stereocenters. The molecule has 0 saturated heterocycles. The van der Waals surface area contributed by atoms with Gasteiger partial charge in [0.2, 0.25) is 0 Å². The molecule has 1 aromatic heterocycles. The highest BCUT2D eigenvalue weighted by atomic mass is 35.5. The molecule has 0 aliphatic carbocycles. The summed E-state index contributed by atoms with van der Waals surface area (Å²) in [6.07, 6.45) is -4.95. The monoisotopic (exact) mass is 434 g/mol. The van der Waals surface area contributed by atoms with E-state index in [1.165, 1.54) is 18.2 Å². The van der Waals surface area contributed by atoms with Crippen molar-refractivity contribution >= 4 is 29.2 Å². The van der Waals surface area contributed by atoms with Crippen LogP contribution in [0.3, 0.4) is 0 Å². The molecule has 146 valence electrons. The zero-order valence-electron chi connectivity index (χ0n) is 13.5. The van der Waals surface area contributed by atoms with Gasteiger partial charge in [0.05, 0.1) is 16.4 Å². The molecule has 0 atom stereocenters. The van der Waals surface area contributed by atoms with Gasteiger partial charge in [-0.1, -0.05) is 23.2 Å². The lowest BCUT2D eigenvalue weighted by Gasteiger charge is -2.12. The van der Waals surface area contributed by atoms with E-state index in [9.17, 15) is 27.5 Å². The standard InChI is InChI=1S/C17H8Cl2F4N2O3/c18-9-3-8(4-11(5-9)28-17(21,22)23)15-7-14(16(26)27)24-25(15)10-1-2-13(20)12(19)6-10/h1-7H,(H,26,27). The predicted molar refractivity (Wildman–Crippen MR) is 92.6 cm³/mol. The third-order valence-corrected chi connectivity index (χ3v) is 3.98. The van der Waals surface area contributed by atoms with Gasteiger partial charge in [0.1, 0.15) is 11.6 Å². The van der Waals surface area contributed by atoms with E-state index in [1.807, 2.05) is 0 Å². The molecule has 0 radical (unpaired) electrons. The molecule has 2 aromatic carbocycles. The van der Waals surface area contributed by atoms with Gasteiger partial charge in [-0.3, -0.25) is 0 Å². The molecule has 0 bridgehead atoms. The maximum atomic E-state index is 13.4. The van der Waals surface area contributed by atoms with E-state index in [2.05, 4.69) is 9.84 Å². The molecule has 0 aliphatic heterocycles. The van der Waals surface area contributed by atoms with Gasteiger partial charge in [0.25, 0.3) is 0 Å². The normalized spacial score (nSPS) is 11.5. The Morgan fingerprint density at radius 1 is 1.11 bits per heavy atom. The van der Waals surface area contributed by atoms with Gasteiger partial charge in [0.15, 0.2) is 5.69 Å². The minimum absolute atomic E-state index is 0.0783. The van der Waals surface area contributed by atoms with Crippen molar-refractivity contribution in [2.75, 3.05) is 0 Å². The van der Waals surface area contributed by atoms with E-state index in [4.69, 9.17) is 23.2 Å². The first-order chi connectivity index (χ1) is 13.0. The highest BCUT2D eigenvalue weighted by Gasteiger charge is 2.31. The fourth-order valence-electron chi connectivity index (χ4n) is 2.41. The fraction of sp³-hybridized carbons (Fsp3) is 0.0588. The lowest BCUT2D eigenvalue weighted by molar-refractivity contribution is -0.274. The lowest BCUT2D eigenvalue weighted by atomic mass is 10.1. The van der Waals surface area contributed by atoms with Crippen LogP contribution in [-0.4, -0.2) is 27.2 Å². The highest BCUT2D eigenvalue weighted by molar-refractivity contribution is 6.31. The quantitative estimate of drug-likeness (QED) is 0.544. The van der Waals surface area contributed by atoms with Gasteiger partial charge in [0, 0.05) is 10.6 Å². The van der Waals surface area contributed by atoms with Crippen molar-refractivity contribution in [3.8, 4) is 22.7 Å². The lowest BCUT2D eigenvalue weighted by Crippen LogP contribution is -2.17. The topological polar surface area (TPSA) is 64.3 Å². The fourth-order valence-corrected chi connectivity index (χ4v) is 2.81. The first-order valence-corrected chi connectivity index (χ1v) is 8.14. The summed E-state index contributed by atoms with van der Waals surface area (Å²) in [5.41, 5.74) is -0.0392. The maximum Gasteiger partial charge on any atom is 0.573 e. The second-order valence-electron chi connectivity index (χ2n) is 5.45. The number of carboxylic acid groups (broad SMARTS) is 1. The van der Waals surface area contributed by atoms with Crippen LogP contribution >= 0.6 is 23.2 Å². The van der Waals surface area contributed by atoms with Crippen LogP contribution in [0, 0.1) is 5.82 Å². The molecule has 11 heteroatoms. The van der Waals surface area contributed by atoms with E-state index >= 15 is 0 Å². The van der Waals surface area contributed by atoms with Crippen LogP contribution in [0.4, 0.5) is 17.6 Å². The number of aromatic nitrogens is 2. The van der Waals surface area contributed by atoms with Crippen molar-refractivity contribution in [2.45, 2.75) is 6.36 Å². The number of aromatic carboxylic acids is 1. The minimum atomic E-state index is -4.95. The molecule has 0 spiro atoms. The molecule has 3 aromatic rings. The van der Waals surface area contributed by atoms with Crippen molar-refractivity contribution < 1.29 is 32.2 Å². The number of ether oxygens (including phenoxy) is 1. The van der Waals surface area contributed by atoms with Crippen LogP contribution in [-0.2, 0) is 0 Å². The largest absolute Gasteiger partial charge is 0.573 e. The van der Waals surface area contributed by atoms with Crippen LogP contribution in [0.25, 0.3) is 16.9 Å². The minimum Gasteiger partial charge on any atom is -0.476 e. The molecule has 0 saturated carbocycles. The molecule has 1 heterocycles. The summed E-state index contributed by atoms with van der Waals surface area (Å²) in [7, 11) is 0. The van der Waals surface area contributed by atoms with Gasteiger partial charge in [-0.15, -0.1) is 13.2 Å². The number of rotatable bonds is 4. The van der Waals surface area contributed by atoms with Crippen LogP contribution in [0.15, 0.2) is 42.5 Å². The second-order valence-corrected chi connectivity index (χ2v) is 6.30. The summed E-state index contributed by atoms with van der Waals surface area (Å²) in [6.45, 7) is 0. The summed E-state index contributed by atoms with van der Waals surface area (Å²) in [4.78, 5) is 11.3. The van der Waals surface area contributed by atoms with Gasteiger partial charge in [-0.2, -0.15) is 5.10 Å². The van der Waals surface area contributed by atoms with Crippen molar-refractivity contribution in [2.24, 2.45) is 0 Å². The van der Waals surface area contributed by atoms with Crippen molar-refractivity contribution in [3.63, 3.8) is 0 Å². The van der Waals surface area contributed by atoms with Gasteiger partial charge in [-0.25, -0.2) is 13.9 Å². The zero-order chi connectivity index (χ0) is 20.6. The van der Waals surface area contributed by atoms with Gasteiger partial charge < -0.3 is 9.84 Å². The Morgan fingerprint density at radius 3 is 2.43 bits per heavy atom. The van der Waals surface area contributed by atoms with Crippen LogP contribution in [0.1, 0.15) is 10.5 Å². The van der Waals surface area contributed by atoms with Crippen LogP contribution < -0.4 is 4.74 Å². The zero-order valence-corrected chi connectivity index (χ0v) is 15.0. The smallest absolute Gasteiger partial charge is 0.476 e. The maximum absolute atomic E-state index is 13.4. The Balaban J connectivity index is 2.18. The van der Waals surface area contributed by atoms with Crippen molar-refractivity contribution in [1.29, 1.82) is 0 Å². The number of nitrogens with zero attached hydrogens (tertiary/aromatic N) is 2. The Hall–Kier alpha value is -2.78. The Labute approximate surface area is 164 Å². The summed E-state index contributed by atoms with van der Waals surface area (Å²) in [5.74, 6) is -2.68. The summed E-state index contributed by atoms with van der Waals surface area (Å²) >= 11 is 11.6. The van der Waals surface area contributed by atoms with Gasteiger partial charge >= 0.3 is 12.3 Å². The Kier molecular flexibility index (Phi) is 5.22. The number of hydrogen-bond acceptors (Lipinski definition) is 3. The Bertz CT molecular complexity index is 1070. The molecule has 3 rings (SSSR count). The summed E-state index contributed by atoms with van der Waals surface area (Å²) in [6, 6.07) is 7.91. The highest BCUT2D eigenvalue weighted by Crippen LogP contribution is 2.33. The summed E-state index contributed by atoms with van der Waals surface area (Å²) in [5, 5.41) is 12.8. The number of carbonyl (C=O) groups is 1. The van der Waals surface area contributed by atoms with E-state index in [0.29, 0.717) is 0 Å². The Morgan fingerprint density at radius 2 is 1.82 bits per heavy atom. The molecule has 0 fully saturated rings. The number of carboxylic acids is 1.